The molecule has 2 rings (SSSR count). The smallest absolute Gasteiger partial charge is 0.144 e. The van der Waals surface area contributed by atoms with Crippen molar-refractivity contribution in [1.29, 1.82) is 5.26 Å². The summed E-state index contributed by atoms with van der Waals surface area (Å²) < 4.78 is 0. The molecule has 0 bridgehead atoms. The summed E-state index contributed by atoms with van der Waals surface area (Å²) in [6.07, 6.45) is 0. The minimum atomic E-state index is 0.242. The normalized spacial score (nSPS) is 10.3. The van der Waals surface area contributed by atoms with Crippen molar-refractivity contribution in [2.45, 2.75) is 26.8 Å². The zero-order valence-corrected chi connectivity index (χ0v) is 11.4. The maximum absolute atomic E-state index is 9.19. The van der Waals surface area contributed by atoms with Gasteiger partial charge in [0.15, 0.2) is 0 Å². The van der Waals surface area contributed by atoms with E-state index in [4.69, 9.17) is 0 Å². The fourth-order valence-corrected chi connectivity index (χ4v) is 1.97. The van der Waals surface area contributed by atoms with E-state index in [1.807, 2.05) is 57.2 Å². The van der Waals surface area contributed by atoms with E-state index in [-0.39, 0.29) is 6.04 Å². The Morgan fingerprint density at radius 1 is 1.21 bits per heavy atom. The zero-order chi connectivity index (χ0) is 13.8. The molecule has 3 heteroatoms. The third kappa shape index (κ3) is 2.92. The van der Waals surface area contributed by atoms with Gasteiger partial charge in [0.2, 0.25) is 0 Å². The lowest BCUT2D eigenvalue weighted by molar-refractivity contribution is 0.888. The minimum Gasteiger partial charge on any atom is -0.367 e. The van der Waals surface area contributed by atoms with Crippen LogP contribution in [0.1, 0.15) is 25.0 Å². The highest BCUT2D eigenvalue weighted by Crippen LogP contribution is 2.25. The SMILES string of the molecule is Cc1cc(C#N)c(NC(C)C)nc1-c1ccccc1. The molecular weight excluding hydrogens is 234 g/mol. The summed E-state index contributed by atoms with van der Waals surface area (Å²) in [7, 11) is 0. The van der Waals surface area contributed by atoms with Gasteiger partial charge in [0, 0.05) is 11.6 Å². The van der Waals surface area contributed by atoms with E-state index >= 15 is 0 Å². The van der Waals surface area contributed by atoms with Crippen LogP contribution in [-0.2, 0) is 0 Å². The van der Waals surface area contributed by atoms with E-state index in [0.29, 0.717) is 11.4 Å². The number of nitriles is 1. The summed E-state index contributed by atoms with van der Waals surface area (Å²) in [6.45, 7) is 6.05. The number of aromatic nitrogens is 1. The number of anilines is 1. The quantitative estimate of drug-likeness (QED) is 0.903. The molecule has 2 aromatic rings. The molecule has 0 aliphatic rings. The number of pyridine rings is 1. The van der Waals surface area contributed by atoms with Crippen molar-refractivity contribution in [3.8, 4) is 17.3 Å². The Bertz CT molecular complexity index is 610. The van der Waals surface area contributed by atoms with E-state index in [1.54, 1.807) is 0 Å². The Morgan fingerprint density at radius 3 is 2.47 bits per heavy atom. The van der Waals surface area contributed by atoms with E-state index in [1.165, 1.54) is 0 Å². The zero-order valence-electron chi connectivity index (χ0n) is 11.4. The van der Waals surface area contributed by atoms with Crippen molar-refractivity contribution < 1.29 is 0 Å². The number of hydrogen-bond acceptors (Lipinski definition) is 3. The number of hydrogen-bond donors (Lipinski definition) is 1. The molecule has 0 spiro atoms. The van der Waals surface area contributed by atoms with Crippen LogP contribution < -0.4 is 5.32 Å². The van der Waals surface area contributed by atoms with Crippen molar-refractivity contribution in [1.82, 2.24) is 4.98 Å². The molecule has 3 nitrogen and oxygen atoms in total. The highest BCUT2D eigenvalue weighted by molar-refractivity contribution is 5.68. The molecular formula is C16H17N3. The van der Waals surface area contributed by atoms with Gasteiger partial charge in [-0.1, -0.05) is 30.3 Å². The molecule has 1 N–H and O–H groups in total. The molecule has 0 unspecified atom stereocenters. The van der Waals surface area contributed by atoms with Crippen LogP contribution in [0.2, 0.25) is 0 Å². The average molecular weight is 251 g/mol. The fourth-order valence-electron chi connectivity index (χ4n) is 1.97. The molecule has 0 saturated carbocycles. The van der Waals surface area contributed by atoms with Gasteiger partial charge in [-0.25, -0.2) is 4.98 Å². The molecule has 1 aromatic carbocycles. The number of nitrogens with one attached hydrogen (secondary N) is 1. The Morgan fingerprint density at radius 2 is 1.89 bits per heavy atom. The first-order chi connectivity index (χ1) is 9.11. The van der Waals surface area contributed by atoms with Gasteiger partial charge in [-0.3, -0.25) is 0 Å². The molecule has 96 valence electrons. The Balaban J connectivity index is 2.54. The number of nitrogens with zero attached hydrogens (tertiary/aromatic N) is 2. The third-order valence-corrected chi connectivity index (χ3v) is 2.81. The first-order valence-electron chi connectivity index (χ1n) is 6.35. The summed E-state index contributed by atoms with van der Waals surface area (Å²) in [4.78, 5) is 4.62. The van der Waals surface area contributed by atoms with Crippen molar-refractivity contribution in [2.75, 3.05) is 5.32 Å². The summed E-state index contributed by atoms with van der Waals surface area (Å²) in [5, 5.41) is 12.4. The lowest BCUT2D eigenvalue weighted by Gasteiger charge is -2.14. The van der Waals surface area contributed by atoms with Gasteiger partial charge >= 0.3 is 0 Å². The molecule has 19 heavy (non-hydrogen) atoms. The predicted octanol–water partition coefficient (Wildman–Crippen LogP) is 3.75. The highest BCUT2D eigenvalue weighted by atomic mass is 15.0. The monoisotopic (exact) mass is 251 g/mol. The second-order valence-electron chi connectivity index (χ2n) is 4.83. The molecule has 0 saturated heterocycles. The lowest BCUT2D eigenvalue weighted by Crippen LogP contribution is -2.13. The maximum Gasteiger partial charge on any atom is 0.144 e. The summed E-state index contributed by atoms with van der Waals surface area (Å²) in [5.41, 5.74) is 3.59. The number of aryl methyl sites for hydroxylation is 1. The Kier molecular flexibility index (Phi) is 3.82. The van der Waals surface area contributed by atoms with Gasteiger partial charge in [-0.2, -0.15) is 5.26 Å². The van der Waals surface area contributed by atoms with E-state index in [0.717, 1.165) is 16.8 Å². The van der Waals surface area contributed by atoms with Crippen molar-refractivity contribution in [3.05, 3.63) is 47.5 Å². The van der Waals surface area contributed by atoms with Gasteiger partial charge < -0.3 is 5.32 Å². The van der Waals surface area contributed by atoms with Crippen molar-refractivity contribution in [2.24, 2.45) is 0 Å². The Hall–Kier alpha value is -2.34. The molecule has 0 radical (unpaired) electrons. The van der Waals surface area contributed by atoms with Crippen LogP contribution in [0.3, 0.4) is 0 Å². The van der Waals surface area contributed by atoms with Gasteiger partial charge in [-0.15, -0.1) is 0 Å². The number of benzene rings is 1. The van der Waals surface area contributed by atoms with Crippen LogP contribution in [0.4, 0.5) is 5.82 Å². The summed E-state index contributed by atoms with van der Waals surface area (Å²) >= 11 is 0. The maximum atomic E-state index is 9.19. The van der Waals surface area contributed by atoms with Crippen molar-refractivity contribution in [3.63, 3.8) is 0 Å². The summed E-state index contributed by atoms with van der Waals surface area (Å²) in [5.74, 6) is 0.655. The number of rotatable bonds is 3. The minimum absolute atomic E-state index is 0.242. The van der Waals surface area contributed by atoms with Gasteiger partial charge in [0.05, 0.1) is 11.3 Å². The van der Waals surface area contributed by atoms with Gasteiger partial charge in [-0.05, 0) is 32.4 Å². The van der Waals surface area contributed by atoms with Crippen LogP contribution in [0.25, 0.3) is 11.3 Å². The molecule has 0 aliphatic heterocycles. The average Bonchev–Trinajstić information content (AvgIpc) is 2.40. The van der Waals surface area contributed by atoms with E-state index in [9.17, 15) is 5.26 Å². The van der Waals surface area contributed by atoms with Crippen LogP contribution in [-0.4, -0.2) is 11.0 Å². The topological polar surface area (TPSA) is 48.7 Å². The molecule has 0 amide bonds. The van der Waals surface area contributed by atoms with Crippen LogP contribution >= 0.6 is 0 Å². The highest BCUT2D eigenvalue weighted by Gasteiger charge is 2.11. The summed E-state index contributed by atoms with van der Waals surface area (Å²) in [6, 6.07) is 14.3. The molecule has 0 atom stereocenters. The Labute approximate surface area is 113 Å². The largest absolute Gasteiger partial charge is 0.367 e. The third-order valence-electron chi connectivity index (χ3n) is 2.81. The standard InChI is InChI=1S/C16H17N3/c1-11(2)18-16-14(10-17)9-12(3)15(19-16)13-7-5-4-6-8-13/h4-9,11H,1-3H3,(H,18,19). The van der Waals surface area contributed by atoms with Crippen LogP contribution in [0.15, 0.2) is 36.4 Å². The van der Waals surface area contributed by atoms with Gasteiger partial charge in [0.25, 0.3) is 0 Å². The predicted molar refractivity (Wildman–Crippen MR) is 77.9 cm³/mol. The van der Waals surface area contributed by atoms with Crippen LogP contribution in [0.5, 0.6) is 0 Å². The lowest BCUT2D eigenvalue weighted by atomic mass is 10.0. The fraction of sp³-hybridized carbons (Fsp3) is 0.250. The van der Waals surface area contributed by atoms with Gasteiger partial charge in [0.1, 0.15) is 11.9 Å². The molecule has 0 fully saturated rings. The van der Waals surface area contributed by atoms with Crippen LogP contribution in [0, 0.1) is 18.3 Å². The first kappa shape index (κ1) is 13.1. The molecule has 0 aliphatic carbocycles. The van der Waals surface area contributed by atoms with Crippen molar-refractivity contribution >= 4 is 5.82 Å². The first-order valence-corrected chi connectivity index (χ1v) is 6.35. The molecule has 1 heterocycles. The second-order valence-corrected chi connectivity index (χ2v) is 4.83. The van der Waals surface area contributed by atoms with E-state index in [2.05, 4.69) is 16.4 Å². The second kappa shape index (κ2) is 5.53. The van der Waals surface area contributed by atoms with E-state index < -0.39 is 0 Å². The molecule has 1 aromatic heterocycles.